The van der Waals surface area contributed by atoms with E-state index in [2.05, 4.69) is 62.4 Å². The summed E-state index contributed by atoms with van der Waals surface area (Å²) in [5.74, 6) is 0.565. The second-order valence-electron chi connectivity index (χ2n) is 7.08. The molecule has 2 N–H and O–H groups in total. The molecular formula is C21H18BrN5. The van der Waals surface area contributed by atoms with Crippen molar-refractivity contribution in [3.63, 3.8) is 0 Å². The van der Waals surface area contributed by atoms with Crippen molar-refractivity contribution in [1.82, 2.24) is 19.6 Å². The van der Waals surface area contributed by atoms with Crippen LogP contribution in [0, 0.1) is 0 Å². The van der Waals surface area contributed by atoms with Crippen LogP contribution in [0.2, 0.25) is 0 Å². The van der Waals surface area contributed by atoms with Gasteiger partial charge in [0, 0.05) is 22.9 Å². The van der Waals surface area contributed by atoms with E-state index in [-0.39, 0.29) is 5.54 Å². The monoisotopic (exact) mass is 419 g/mol. The topological polar surface area (TPSA) is 69.1 Å². The van der Waals surface area contributed by atoms with Gasteiger partial charge < -0.3 is 5.73 Å². The molecule has 2 aromatic heterocycles. The molecule has 5 rings (SSSR count). The van der Waals surface area contributed by atoms with E-state index in [0.717, 1.165) is 35.2 Å². The highest BCUT2D eigenvalue weighted by atomic mass is 79.9. The van der Waals surface area contributed by atoms with Gasteiger partial charge in [-0.2, -0.15) is 4.98 Å². The van der Waals surface area contributed by atoms with Crippen LogP contribution in [0.4, 0.5) is 0 Å². The van der Waals surface area contributed by atoms with Crippen molar-refractivity contribution in [1.29, 1.82) is 0 Å². The van der Waals surface area contributed by atoms with Crippen LogP contribution in [0.3, 0.4) is 0 Å². The van der Waals surface area contributed by atoms with Crippen LogP contribution in [-0.2, 0) is 5.54 Å². The quantitative estimate of drug-likeness (QED) is 0.528. The molecule has 134 valence electrons. The zero-order valence-corrected chi connectivity index (χ0v) is 16.2. The van der Waals surface area contributed by atoms with Crippen molar-refractivity contribution in [2.75, 3.05) is 0 Å². The van der Waals surface area contributed by atoms with Gasteiger partial charge in [0.1, 0.15) is 0 Å². The maximum absolute atomic E-state index is 6.47. The van der Waals surface area contributed by atoms with Gasteiger partial charge >= 0.3 is 0 Å². The molecule has 0 spiro atoms. The number of rotatable bonds is 3. The lowest BCUT2D eigenvalue weighted by molar-refractivity contribution is 0.253. The number of nitrogens with zero attached hydrogens (tertiary/aromatic N) is 4. The van der Waals surface area contributed by atoms with E-state index in [1.54, 1.807) is 4.52 Å². The van der Waals surface area contributed by atoms with Crippen LogP contribution in [0.1, 0.15) is 24.8 Å². The molecule has 0 unspecified atom stereocenters. The Labute approximate surface area is 165 Å². The lowest BCUT2D eigenvalue weighted by atomic mass is 9.72. The summed E-state index contributed by atoms with van der Waals surface area (Å²) in [5, 5.41) is 4.34. The van der Waals surface area contributed by atoms with Crippen molar-refractivity contribution >= 4 is 21.7 Å². The lowest BCUT2D eigenvalue weighted by Crippen LogP contribution is -2.43. The first-order chi connectivity index (χ1) is 13.1. The van der Waals surface area contributed by atoms with E-state index in [9.17, 15) is 0 Å². The van der Waals surface area contributed by atoms with Gasteiger partial charge in [-0.3, -0.25) is 0 Å². The summed E-state index contributed by atoms with van der Waals surface area (Å²) in [6.07, 6.45) is 5.30. The second kappa shape index (κ2) is 6.25. The zero-order valence-electron chi connectivity index (χ0n) is 14.6. The molecule has 1 fully saturated rings. The average Bonchev–Trinajstić information content (AvgIpc) is 3.05. The van der Waals surface area contributed by atoms with Crippen LogP contribution in [-0.4, -0.2) is 19.6 Å². The Bertz CT molecular complexity index is 1110. The highest BCUT2D eigenvalue weighted by molar-refractivity contribution is 9.10. The molecule has 2 aromatic carbocycles. The Morgan fingerprint density at radius 1 is 0.926 bits per heavy atom. The van der Waals surface area contributed by atoms with Crippen molar-refractivity contribution in [3.8, 4) is 22.4 Å². The highest BCUT2D eigenvalue weighted by Crippen LogP contribution is 2.39. The molecule has 0 amide bonds. The normalized spacial score (nSPS) is 15.6. The summed E-state index contributed by atoms with van der Waals surface area (Å²) in [7, 11) is 0. The molecule has 0 aliphatic heterocycles. The fourth-order valence-electron chi connectivity index (χ4n) is 3.65. The minimum absolute atomic E-state index is 0.157. The Hall–Kier alpha value is -2.57. The number of nitrogens with two attached hydrogens (primary N) is 1. The molecule has 27 heavy (non-hydrogen) atoms. The van der Waals surface area contributed by atoms with Crippen LogP contribution in [0.25, 0.3) is 28.2 Å². The SMILES string of the molecule is NC1(c2ccc(-c3nc4nc(Br)nn4cc3-c3ccccc3)cc2)CCC1. The standard InChI is InChI=1S/C21H18BrN5/c22-19-25-20-24-18(15-7-9-16(10-8-15)21(23)11-4-12-21)17(13-27(20)26-19)14-5-2-1-3-6-14/h1-3,5-10,13H,4,11-12,23H2. The smallest absolute Gasteiger partial charge is 0.253 e. The van der Waals surface area contributed by atoms with E-state index >= 15 is 0 Å². The summed E-state index contributed by atoms with van der Waals surface area (Å²) in [6.45, 7) is 0. The third-order valence-corrected chi connectivity index (χ3v) is 5.71. The molecule has 5 nitrogen and oxygen atoms in total. The molecule has 0 radical (unpaired) electrons. The van der Waals surface area contributed by atoms with Crippen LogP contribution in [0.5, 0.6) is 0 Å². The van der Waals surface area contributed by atoms with Crippen molar-refractivity contribution < 1.29 is 0 Å². The predicted molar refractivity (Wildman–Crippen MR) is 109 cm³/mol. The summed E-state index contributed by atoms with van der Waals surface area (Å²) in [4.78, 5) is 9.15. The molecule has 1 aliphatic carbocycles. The maximum Gasteiger partial charge on any atom is 0.253 e. The Balaban J connectivity index is 1.67. The van der Waals surface area contributed by atoms with Crippen LogP contribution in [0.15, 0.2) is 65.5 Å². The van der Waals surface area contributed by atoms with Gasteiger partial charge in [-0.15, -0.1) is 5.10 Å². The number of halogens is 1. The number of hydrogen-bond donors (Lipinski definition) is 1. The van der Waals surface area contributed by atoms with E-state index in [1.165, 1.54) is 12.0 Å². The molecule has 6 heteroatoms. The van der Waals surface area contributed by atoms with Gasteiger partial charge in [0.25, 0.3) is 5.78 Å². The Morgan fingerprint density at radius 2 is 1.67 bits per heavy atom. The first kappa shape index (κ1) is 16.6. The third-order valence-electron chi connectivity index (χ3n) is 5.37. The third kappa shape index (κ3) is 2.85. The second-order valence-corrected chi connectivity index (χ2v) is 7.79. The molecular weight excluding hydrogens is 402 g/mol. The van der Waals surface area contributed by atoms with Gasteiger partial charge in [-0.25, -0.2) is 9.50 Å². The van der Waals surface area contributed by atoms with E-state index in [1.807, 2.05) is 24.4 Å². The Kier molecular flexibility index (Phi) is 3.84. The molecule has 0 bridgehead atoms. The number of aromatic nitrogens is 4. The van der Waals surface area contributed by atoms with E-state index in [4.69, 9.17) is 10.7 Å². The first-order valence-corrected chi connectivity index (χ1v) is 9.80. The van der Waals surface area contributed by atoms with Gasteiger partial charge in [0.05, 0.1) is 5.69 Å². The Morgan fingerprint density at radius 3 is 2.33 bits per heavy atom. The van der Waals surface area contributed by atoms with E-state index < -0.39 is 0 Å². The largest absolute Gasteiger partial charge is 0.321 e. The number of fused-ring (bicyclic) bond motifs is 1. The highest BCUT2D eigenvalue weighted by Gasteiger charge is 2.34. The van der Waals surface area contributed by atoms with Gasteiger partial charge in [-0.1, -0.05) is 54.6 Å². The lowest BCUT2D eigenvalue weighted by Gasteiger charge is -2.38. The van der Waals surface area contributed by atoms with Crippen molar-refractivity contribution in [2.24, 2.45) is 5.73 Å². The van der Waals surface area contributed by atoms with Crippen molar-refractivity contribution in [3.05, 3.63) is 71.1 Å². The van der Waals surface area contributed by atoms with E-state index in [0.29, 0.717) is 10.5 Å². The van der Waals surface area contributed by atoms with Gasteiger partial charge in [0.2, 0.25) is 4.73 Å². The predicted octanol–water partition coefficient (Wildman–Crippen LogP) is 4.56. The summed E-state index contributed by atoms with van der Waals surface area (Å²) in [5.41, 5.74) is 11.5. The molecule has 4 aromatic rings. The summed E-state index contributed by atoms with van der Waals surface area (Å²) >= 11 is 3.33. The maximum atomic E-state index is 6.47. The molecule has 0 saturated heterocycles. The summed E-state index contributed by atoms with van der Waals surface area (Å²) < 4.78 is 2.23. The average molecular weight is 420 g/mol. The van der Waals surface area contributed by atoms with Crippen LogP contribution < -0.4 is 5.73 Å². The van der Waals surface area contributed by atoms with Crippen molar-refractivity contribution in [2.45, 2.75) is 24.8 Å². The zero-order chi connectivity index (χ0) is 18.4. The fraction of sp³-hybridized carbons (Fsp3) is 0.190. The first-order valence-electron chi connectivity index (χ1n) is 9.01. The van der Waals surface area contributed by atoms with Gasteiger partial charge in [-0.05, 0) is 46.3 Å². The number of hydrogen-bond acceptors (Lipinski definition) is 4. The van der Waals surface area contributed by atoms with Crippen LogP contribution >= 0.6 is 15.9 Å². The fourth-order valence-corrected chi connectivity index (χ4v) is 3.98. The summed E-state index contributed by atoms with van der Waals surface area (Å²) in [6, 6.07) is 18.7. The number of benzene rings is 2. The molecule has 2 heterocycles. The molecule has 0 atom stereocenters. The molecule has 1 aliphatic rings. The minimum atomic E-state index is -0.157. The molecule has 1 saturated carbocycles. The van der Waals surface area contributed by atoms with Gasteiger partial charge in [0.15, 0.2) is 0 Å². The minimum Gasteiger partial charge on any atom is -0.321 e.